The summed E-state index contributed by atoms with van der Waals surface area (Å²) < 4.78 is 25.2. The minimum atomic E-state index is -3.42. The highest BCUT2D eigenvalue weighted by Gasteiger charge is 2.23. The first-order chi connectivity index (χ1) is 11.4. The lowest BCUT2D eigenvalue weighted by Gasteiger charge is -2.14. The molecule has 24 heavy (non-hydrogen) atoms. The van der Waals surface area contributed by atoms with E-state index in [1.807, 2.05) is 6.26 Å². The summed E-state index contributed by atoms with van der Waals surface area (Å²) in [6.07, 6.45) is 3.49. The monoisotopic (exact) mass is 363 g/mol. The van der Waals surface area contributed by atoms with Gasteiger partial charge in [0.05, 0.1) is 27.4 Å². The number of benzene rings is 1. The Morgan fingerprint density at radius 3 is 2.67 bits per heavy atom. The topological polar surface area (TPSA) is 101 Å². The molecule has 126 valence electrons. The zero-order valence-electron chi connectivity index (χ0n) is 13.4. The summed E-state index contributed by atoms with van der Waals surface area (Å²) in [5.74, 6) is 0.518. The summed E-state index contributed by atoms with van der Waals surface area (Å²) in [4.78, 5) is 9.02. The quantitative estimate of drug-likeness (QED) is 0.531. The molecule has 0 unspecified atom stereocenters. The second-order valence-corrected chi connectivity index (χ2v) is 8.65. The van der Waals surface area contributed by atoms with Crippen LogP contribution in [0.5, 0.6) is 0 Å². The first kappa shape index (κ1) is 16.7. The van der Waals surface area contributed by atoms with Crippen molar-refractivity contribution in [1.29, 1.82) is 0 Å². The van der Waals surface area contributed by atoms with Gasteiger partial charge in [-0.1, -0.05) is 23.9 Å². The number of aromatic nitrogens is 4. The number of nitrogens with one attached hydrogen (secondary N) is 2. The number of aromatic amines is 1. The number of H-pyrrole nitrogens is 1. The van der Waals surface area contributed by atoms with Crippen LogP contribution in [0, 0.1) is 0 Å². The lowest BCUT2D eigenvalue weighted by Crippen LogP contribution is -2.15. The van der Waals surface area contributed by atoms with Crippen molar-refractivity contribution >= 4 is 44.1 Å². The normalized spacial score (nSPS) is 12.0. The highest BCUT2D eigenvalue weighted by Crippen LogP contribution is 2.30. The van der Waals surface area contributed by atoms with Crippen LogP contribution in [-0.2, 0) is 9.84 Å². The Morgan fingerprint density at radius 1 is 1.21 bits per heavy atom. The van der Waals surface area contributed by atoms with Gasteiger partial charge in [0.2, 0.25) is 0 Å². The number of hydrogen-bond acceptors (Lipinski definition) is 7. The highest BCUT2D eigenvalue weighted by molar-refractivity contribution is 7.98. The first-order valence-corrected chi connectivity index (χ1v) is 10.1. The van der Waals surface area contributed by atoms with Gasteiger partial charge in [-0.25, -0.2) is 18.4 Å². The SMILES string of the molecule is CSc1nc(Nc2ccccc2S(=O)(=O)C(C)C)c2cn[nH]c2n1. The van der Waals surface area contributed by atoms with Crippen molar-refractivity contribution in [3.63, 3.8) is 0 Å². The van der Waals surface area contributed by atoms with E-state index < -0.39 is 15.1 Å². The fourth-order valence-corrected chi connectivity index (χ4v) is 3.77. The van der Waals surface area contributed by atoms with E-state index in [1.165, 1.54) is 11.8 Å². The third-order valence-electron chi connectivity index (χ3n) is 3.54. The van der Waals surface area contributed by atoms with Gasteiger partial charge in [0.1, 0.15) is 5.82 Å². The molecule has 2 aromatic heterocycles. The third-order valence-corrected chi connectivity index (χ3v) is 6.30. The van der Waals surface area contributed by atoms with Crippen molar-refractivity contribution in [1.82, 2.24) is 20.2 Å². The molecule has 0 saturated carbocycles. The van der Waals surface area contributed by atoms with Crippen molar-refractivity contribution in [2.24, 2.45) is 0 Å². The molecule has 0 spiro atoms. The number of nitrogens with zero attached hydrogens (tertiary/aromatic N) is 3. The lowest BCUT2D eigenvalue weighted by molar-refractivity contribution is 0.588. The van der Waals surface area contributed by atoms with E-state index in [2.05, 4.69) is 25.5 Å². The van der Waals surface area contributed by atoms with Crippen LogP contribution in [0.15, 0.2) is 40.5 Å². The van der Waals surface area contributed by atoms with Gasteiger partial charge >= 0.3 is 0 Å². The average molecular weight is 363 g/mol. The number of fused-ring (bicyclic) bond motifs is 1. The van der Waals surface area contributed by atoms with E-state index >= 15 is 0 Å². The summed E-state index contributed by atoms with van der Waals surface area (Å²) in [7, 11) is -3.42. The highest BCUT2D eigenvalue weighted by atomic mass is 32.2. The number of sulfone groups is 1. The van der Waals surface area contributed by atoms with E-state index in [1.54, 1.807) is 44.3 Å². The maximum Gasteiger partial charge on any atom is 0.191 e. The maximum absolute atomic E-state index is 12.6. The number of hydrogen-bond donors (Lipinski definition) is 2. The molecule has 0 saturated heterocycles. The van der Waals surface area contributed by atoms with Crippen LogP contribution in [0.25, 0.3) is 11.0 Å². The molecule has 7 nitrogen and oxygen atoms in total. The Hall–Kier alpha value is -2.13. The Balaban J connectivity index is 2.12. The van der Waals surface area contributed by atoms with Crippen LogP contribution in [0.1, 0.15) is 13.8 Å². The van der Waals surface area contributed by atoms with Gasteiger partial charge in [-0.05, 0) is 32.2 Å². The average Bonchev–Trinajstić information content (AvgIpc) is 3.03. The van der Waals surface area contributed by atoms with Gasteiger partial charge in [-0.15, -0.1) is 0 Å². The summed E-state index contributed by atoms with van der Waals surface area (Å²) in [6.45, 7) is 3.33. The van der Waals surface area contributed by atoms with Crippen molar-refractivity contribution in [3.05, 3.63) is 30.5 Å². The lowest BCUT2D eigenvalue weighted by atomic mass is 10.3. The largest absolute Gasteiger partial charge is 0.338 e. The smallest absolute Gasteiger partial charge is 0.191 e. The molecule has 3 rings (SSSR count). The van der Waals surface area contributed by atoms with Crippen molar-refractivity contribution < 1.29 is 8.42 Å². The number of thioether (sulfide) groups is 1. The van der Waals surface area contributed by atoms with Crippen molar-refractivity contribution in [3.8, 4) is 0 Å². The Kier molecular flexibility index (Phi) is 4.46. The Labute approximate surface area is 144 Å². The van der Waals surface area contributed by atoms with Crippen LogP contribution in [0.3, 0.4) is 0 Å². The zero-order chi connectivity index (χ0) is 17.3. The van der Waals surface area contributed by atoms with E-state index in [0.717, 1.165) is 0 Å². The molecule has 0 radical (unpaired) electrons. The van der Waals surface area contributed by atoms with Crippen LogP contribution < -0.4 is 5.32 Å². The van der Waals surface area contributed by atoms with Crippen LogP contribution in [0.2, 0.25) is 0 Å². The van der Waals surface area contributed by atoms with Gasteiger partial charge in [0.25, 0.3) is 0 Å². The maximum atomic E-state index is 12.6. The van der Waals surface area contributed by atoms with E-state index in [4.69, 9.17) is 0 Å². The summed E-state index contributed by atoms with van der Waals surface area (Å²) in [5, 5.41) is 10.7. The van der Waals surface area contributed by atoms with E-state index in [-0.39, 0.29) is 4.90 Å². The summed E-state index contributed by atoms with van der Waals surface area (Å²) in [6, 6.07) is 6.81. The predicted molar refractivity (Wildman–Crippen MR) is 95.5 cm³/mol. The first-order valence-electron chi connectivity index (χ1n) is 7.28. The van der Waals surface area contributed by atoms with E-state index in [9.17, 15) is 8.42 Å². The van der Waals surface area contributed by atoms with Crippen molar-refractivity contribution in [2.75, 3.05) is 11.6 Å². The molecule has 0 aliphatic heterocycles. The van der Waals surface area contributed by atoms with Crippen molar-refractivity contribution in [2.45, 2.75) is 29.1 Å². The fraction of sp³-hybridized carbons (Fsp3) is 0.267. The summed E-state index contributed by atoms with van der Waals surface area (Å²) in [5.41, 5.74) is 1.08. The minimum Gasteiger partial charge on any atom is -0.338 e. The molecule has 1 aromatic carbocycles. The fourth-order valence-electron chi connectivity index (χ4n) is 2.20. The zero-order valence-corrected chi connectivity index (χ0v) is 15.1. The molecule has 0 fully saturated rings. The molecule has 9 heteroatoms. The Morgan fingerprint density at radius 2 is 1.96 bits per heavy atom. The predicted octanol–water partition coefficient (Wildman–Crippen LogP) is 3.00. The molecular formula is C15H17N5O2S2. The number of anilines is 2. The number of para-hydroxylation sites is 1. The van der Waals surface area contributed by atoms with Gasteiger partial charge in [0.15, 0.2) is 20.6 Å². The molecule has 2 heterocycles. The molecule has 0 aliphatic carbocycles. The molecule has 0 amide bonds. The second kappa shape index (κ2) is 6.40. The van der Waals surface area contributed by atoms with Crippen LogP contribution in [-0.4, -0.2) is 40.1 Å². The molecule has 2 N–H and O–H groups in total. The molecular weight excluding hydrogens is 346 g/mol. The molecule has 0 aliphatic rings. The Bertz CT molecular complexity index is 982. The number of rotatable bonds is 5. The molecule has 0 atom stereocenters. The van der Waals surface area contributed by atoms with Gasteiger partial charge in [0, 0.05) is 0 Å². The van der Waals surface area contributed by atoms with Gasteiger partial charge < -0.3 is 5.32 Å². The van der Waals surface area contributed by atoms with E-state index in [0.29, 0.717) is 27.7 Å². The molecule has 0 bridgehead atoms. The van der Waals surface area contributed by atoms with Crippen LogP contribution in [0.4, 0.5) is 11.5 Å². The standard InChI is InChI=1S/C15H17N5O2S2/c1-9(2)24(21,22)12-7-5-4-6-11(12)17-13-10-8-16-20-14(10)19-15(18-13)23-3/h4-9H,1-3H3,(H2,16,17,18,19,20). The van der Waals surface area contributed by atoms with Crippen LogP contribution >= 0.6 is 11.8 Å². The van der Waals surface area contributed by atoms with Gasteiger partial charge in [-0.3, -0.25) is 5.10 Å². The minimum absolute atomic E-state index is 0.251. The molecule has 3 aromatic rings. The van der Waals surface area contributed by atoms with Gasteiger partial charge in [-0.2, -0.15) is 5.10 Å². The summed E-state index contributed by atoms with van der Waals surface area (Å²) >= 11 is 1.40. The third kappa shape index (κ3) is 2.96. The second-order valence-electron chi connectivity index (χ2n) is 5.41.